The smallest absolute Gasteiger partial charge is 0.335 e. The highest BCUT2D eigenvalue weighted by Gasteiger charge is 2.50. The van der Waals surface area contributed by atoms with Gasteiger partial charge in [0.25, 0.3) is 0 Å². The van der Waals surface area contributed by atoms with Crippen LogP contribution >= 0.6 is 0 Å². The Hall–Kier alpha value is -3.32. The van der Waals surface area contributed by atoms with Crippen LogP contribution in [0.2, 0.25) is 0 Å². The Morgan fingerprint density at radius 3 is 1.45 bits per heavy atom. The molecule has 1 aliphatic rings. The molecular formula is C53H90O12. The van der Waals surface area contributed by atoms with Gasteiger partial charge in [0.05, 0.1) is 6.61 Å². The summed E-state index contributed by atoms with van der Waals surface area (Å²) in [7, 11) is 0. The van der Waals surface area contributed by atoms with Crippen molar-refractivity contribution in [3.05, 3.63) is 48.6 Å². The van der Waals surface area contributed by atoms with E-state index >= 15 is 0 Å². The summed E-state index contributed by atoms with van der Waals surface area (Å²) in [6.45, 7) is 5.79. The summed E-state index contributed by atoms with van der Waals surface area (Å²) in [5, 5.41) is 31.3. The summed E-state index contributed by atoms with van der Waals surface area (Å²) in [4.78, 5) is 50.7. The topological polar surface area (TPSA) is 175 Å². The van der Waals surface area contributed by atoms with Crippen LogP contribution in [0.3, 0.4) is 0 Å². The number of aliphatic hydroxyl groups is 2. The molecular weight excluding hydrogens is 829 g/mol. The number of hydrogen-bond acceptors (Lipinski definition) is 11. The minimum atomic E-state index is -1.91. The lowest BCUT2D eigenvalue weighted by Crippen LogP contribution is -2.61. The van der Waals surface area contributed by atoms with Crippen molar-refractivity contribution in [2.24, 2.45) is 0 Å². The Balaban J connectivity index is 2.74. The summed E-state index contributed by atoms with van der Waals surface area (Å²) in [6, 6.07) is 0. The molecule has 1 heterocycles. The zero-order valence-electron chi connectivity index (χ0n) is 40.7. The van der Waals surface area contributed by atoms with Crippen molar-refractivity contribution < 1.29 is 58.2 Å². The molecule has 1 saturated heterocycles. The molecule has 0 bridgehead atoms. The zero-order valence-corrected chi connectivity index (χ0v) is 40.7. The van der Waals surface area contributed by atoms with E-state index in [-0.39, 0.29) is 25.9 Å². The monoisotopic (exact) mass is 919 g/mol. The average molecular weight is 919 g/mol. The first kappa shape index (κ1) is 59.7. The standard InChI is InChI=1S/C53H90O12/c1-4-7-10-13-16-19-21-23-25-28-30-33-36-39-45(54)61-42-44(63-46(55)40-37-34-31-27-18-15-12-9-6-3)43-62-53-51(49(58)48(57)50(65-53)52(59)60)64-47(56)41-38-35-32-29-26-24-22-20-17-14-11-8-5-2/h10-11,13-14,19-22,44,48-51,53,57-58H,4-9,12,15-18,23-43H2,1-3H3,(H,59,60)/b13-10-,14-11-,21-19-,22-20-. The maximum Gasteiger partial charge on any atom is 0.335 e. The molecule has 1 fully saturated rings. The first-order valence-electron chi connectivity index (χ1n) is 25.6. The largest absolute Gasteiger partial charge is 0.479 e. The van der Waals surface area contributed by atoms with Crippen LogP contribution in [0.4, 0.5) is 0 Å². The maximum atomic E-state index is 13.0. The number of allylic oxidation sites excluding steroid dienone is 8. The van der Waals surface area contributed by atoms with Gasteiger partial charge < -0.3 is 39.0 Å². The third-order valence-corrected chi connectivity index (χ3v) is 11.3. The molecule has 374 valence electrons. The molecule has 0 radical (unpaired) electrons. The van der Waals surface area contributed by atoms with Crippen LogP contribution in [0.15, 0.2) is 48.6 Å². The summed E-state index contributed by atoms with van der Waals surface area (Å²) in [5.41, 5.74) is 0. The fraction of sp³-hybridized carbons (Fsp3) is 0.774. The minimum Gasteiger partial charge on any atom is -0.479 e. The highest BCUT2D eigenvalue weighted by molar-refractivity contribution is 5.74. The van der Waals surface area contributed by atoms with E-state index in [1.165, 1.54) is 32.1 Å². The van der Waals surface area contributed by atoms with E-state index in [1.807, 2.05) is 0 Å². The number of hydrogen-bond donors (Lipinski definition) is 3. The van der Waals surface area contributed by atoms with E-state index in [4.69, 9.17) is 23.7 Å². The van der Waals surface area contributed by atoms with Crippen LogP contribution in [-0.2, 0) is 42.9 Å². The van der Waals surface area contributed by atoms with Crippen molar-refractivity contribution in [2.75, 3.05) is 13.2 Å². The van der Waals surface area contributed by atoms with Crippen molar-refractivity contribution in [1.82, 2.24) is 0 Å². The van der Waals surface area contributed by atoms with Crippen LogP contribution < -0.4 is 0 Å². The lowest BCUT2D eigenvalue weighted by molar-refractivity contribution is -0.301. The van der Waals surface area contributed by atoms with E-state index in [2.05, 4.69) is 69.4 Å². The van der Waals surface area contributed by atoms with Crippen molar-refractivity contribution in [3.8, 4) is 0 Å². The van der Waals surface area contributed by atoms with Gasteiger partial charge in [-0.2, -0.15) is 0 Å². The number of esters is 3. The van der Waals surface area contributed by atoms with Gasteiger partial charge in [-0.1, -0.05) is 172 Å². The second kappa shape index (κ2) is 42.1. The number of aliphatic carboxylic acids is 1. The average Bonchev–Trinajstić information content (AvgIpc) is 3.29. The quantitative estimate of drug-likeness (QED) is 0.0229. The van der Waals surface area contributed by atoms with Gasteiger partial charge in [0, 0.05) is 19.3 Å². The molecule has 0 amide bonds. The van der Waals surface area contributed by atoms with Crippen LogP contribution in [0.25, 0.3) is 0 Å². The van der Waals surface area contributed by atoms with Crippen molar-refractivity contribution >= 4 is 23.9 Å². The predicted molar refractivity (Wildman–Crippen MR) is 257 cm³/mol. The Bertz CT molecular complexity index is 1330. The molecule has 12 heteroatoms. The van der Waals surface area contributed by atoms with Gasteiger partial charge in [-0.15, -0.1) is 0 Å². The van der Waals surface area contributed by atoms with Crippen LogP contribution in [0.5, 0.6) is 0 Å². The molecule has 0 spiro atoms. The third kappa shape index (κ3) is 32.9. The molecule has 3 N–H and O–H groups in total. The maximum absolute atomic E-state index is 13.0. The van der Waals surface area contributed by atoms with Gasteiger partial charge in [-0.05, 0) is 70.6 Å². The number of unbranched alkanes of at least 4 members (excludes halogenated alkanes) is 20. The molecule has 0 aliphatic carbocycles. The van der Waals surface area contributed by atoms with E-state index in [0.29, 0.717) is 19.3 Å². The van der Waals surface area contributed by atoms with Crippen LogP contribution in [0, 0.1) is 0 Å². The number of rotatable bonds is 42. The fourth-order valence-corrected chi connectivity index (χ4v) is 7.38. The molecule has 0 saturated carbocycles. The summed E-state index contributed by atoms with van der Waals surface area (Å²) in [5.74, 6) is -3.16. The van der Waals surface area contributed by atoms with Crippen molar-refractivity contribution in [1.29, 1.82) is 0 Å². The van der Waals surface area contributed by atoms with Crippen molar-refractivity contribution in [3.63, 3.8) is 0 Å². The molecule has 65 heavy (non-hydrogen) atoms. The first-order chi connectivity index (χ1) is 31.6. The highest BCUT2D eigenvalue weighted by atomic mass is 16.7. The molecule has 1 aliphatic heterocycles. The minimum absolute atomic E-state index is 0.0437. The van der Waals surface area contributed by atoms with Gasteiger partial charge in [0.15, 0.2) is 24.6 Å². The molecule has 0 aromatic heterocycles. The molecule has 0 aromatic carbocycles. The number of carboxylic acids is 1. The first-order valence-corrected chi connectivity index (χ1v) is 25.6. The second-order valence-electron chi connectivity index (χ2n) is 17.5. The van der Waals surface area contributed by atoms with E-state index in [0.717, 1.165) is 122 Å². The van der Waals surface area contributed by atoms with Gasteiger partial charge >= 0.3 is 23.9 Å². The van der Waals surface area contributed by atoms with Gasteiger partial charge in [0.1, 0.15) is 18.8 Å². The summed E-state index contributed by atoms with van der Waals surface area (Å²) >= 11 is 0. The van der Waals surface area contributed by atoms with Crippen molar-refractivity contribution in [2.45, 2.75) is 250 Å². The van der Waals surface area contributed by atoms with Gasteiger partial charge in [0.2, 0.25) is 0 Å². The Morgan fingerprint density at radius 2 is 0.954 bits per heavy atom. The molecule has 0 aromatic rings. The van der Waals surface area contributed by atoms with E-state index in [9.17, 15) is 34.5 Å². The zero-order chi connectivity index (χ0) is 47.6. The number of ether oxygens (including phenoxy) is 5. The lowest BCUT2D eigenvalue weighted by Gasteiger charge is -2.40. The fourth-order valence-electron chi connectivity index (χ4n) is 7.38. The molecule has 1 rings (SSSR count). The van der Waals surface area contributed by atoms with Crippen LogP contribution in [0.1, 0.15) is 213 Å². The SMILES string of the molecule is CCC/C=C\C/C=C\CCCCCCCC(=O)OCC(COC1OC(C(=O)O)C(O)C(O)C1OC(=O)CCCCCCC/C=C\C/C=C\CCC)OC(=O)CCCCCCCCCCC. The normalized spacial score (nSPS) is 19.4. The molecule has 6 unspecified atom stereocenters. The van der Waals surface area contributed by atoms with Gasteiger partial charge in [-0.3, -0.25) is 14.4 Å². The number of aliphatic hydroxyl groups excluding tert-OH is 2. The predicted octanol–water partition coefficient (Wildman–Crippen LogP) is 11.9. The third-order valence-electron chi connectivity index (χ3n) is 11.3. The van der Waals surface area contributed by atoms with Gasteiger partial charge in [-0.25, -0.2) is 4.79 Å². The van der Waals surface area contributed by atoms with E-state index < -0.39 is 67.3 Å². The summed E-state index contributed by atoms with van der Waals surface area (Å²) < 4.78 is 28.2. The lowest BCUT2D eigenvalue weighted by atomic mass is 9.98. The second-order valence-corrected chi connectivity index (χ2v) is 17.5. The number of carbonyl (C=O) groups is 4. The Kier molecular flexibility index (Phi) is 38.6. The Labute approximate surface area is 393 Å². The Morgan fingerprint density at radius 1 is 0.508 bits per heavy atom. The number of carbonyl (C=O) groups excluding carboxylic acids is 3. The highest BCUT2D eigenvalue weighted by Crippen LogP contribution is 2.26. The number of carboxylic acid groups (broad SMARTS) is 1. The molecule has 6 atom stereocenters. The van der Waals surface area contributed by atoms with Crippen LogP contribution in [-0.4, -0.2) is 89.2 Å². The van der Waals surface area contributed by atoms with E-state index in [1.54, 1.807) is 0 Å². The molecule has 12 nitrogen and oxygen atoms in total. The summed E-state index contributed by atoms with van der Waals surface area (Å²) in [6.07, 6.45) is 35.4.